The van der Waals surface area contributed by atoms with Gasteiger partial charge in [0.2, 0.25) is 11.8 Å². The van der Waals surface area contributed by atoms with Crippen LogP contribution in [0.2, 0.25) is 0 Å². The third-order valence-electron chi connectivity index (χ3n) is 4.54. The van der Waals surface area contributed by atoms with E-state index in [1.165, 1.54) is 12.1 Å². The lowest BCUT2D eigenvalue weighted by Gasteiger charge is -2.23. The van der Waals surface area contributed by atoms with E-state index in [1.54, 1.807) is 13.8 Å². The highest BCUT2D eigenvalue weighted by Crippen LogP contribution is 2.23. The Morgan fingerprint density at radius 3 is 1.79 bits per heavy atom. The molecule has 0 aliphatic rings. The van der Waals surface area contributed by atoms with E-state index < -0.39 is 34.6 Å². The van der Waals surface area contributed by atoms with Crippen molar-refractivity contribution in [1.29, 1.82) is 0 Å². The number of rotatable bonds is 8. The summed E-state index contributed by atoms with van der Waals surface area (Å²) in [5, 5.41) is 5.10. The molecule has 0 fully saturated rings. The fraction of sp³-hybridized carbons (Fsp3) is 0.333. The number of hydrogen-bond donors (Lipinski definition) is 2. The number of hydrogen-bond acceptors (Lipinski definition) is 2. The van der Waals surface area contributed by atoms with Crippen molar-refractivity contribution >= 4 is 11.8 Å². The van der Waals surface area contributed by atoms with Crippen molar-refractivity contribution in [3.8, 4) is 0 Å². The molecule has 0 aliphatic heterocycles. The smallest absolute Gasteiger partial charge is 0.225 e. The molecule has 2 N–H and O–H groups in total. The molecule has 0 radical (unpaired) electrons. The Bertz CT molecular complexity index is 900. The van der Waals surface area contributed by atoms with Crippen LogP contribution in [0.3, 0.4) is 0 Å². The molecule has 0 aromatic heterocycles. The molecule has 2 amide bonds. The van der Waals surface area contributed by atoms with Gasteiger partial charge in [0.1, 0.15) is 23.3 Å². The van der Waals surface area contributed by atoms with Gasteiger partial charge in [0.15, 0.2) is 0 Å². The topological polar surface area (TPSA) is 58.2 Å². The Morgan fingerprint density at radius 2 is 1.31 bits per heavy atom. The predicted octanol–water partition coefficient (Wildman–Crippen LogP) is 3.98. The second-order valence-corrected chi connectivity index (χ2v) is 7.31. The van der Waals surface area contributed by atoms with E-state index in [0.717, 1.165) is 24.3 Å². The van der Waals surface area contributed by atoms with Crippen molar-refractivity contribution in [3.05, 3.63) is 70.8 Å². The molecule has 8 heteroatoms. The Hall–Kier alpha value is -2.90. The lowest BCUT2D eigenvalue weighted by molar-refractivity contribution is -0.130. The summed E-state index contributed by atoms with van der Waals surface area (Å²) in [7, 11) is 0. The highest BCUT2D eigenvalue weighted by atomic mass is 19.1. The standard InChI is InChI=1S/C21H22F4N2O2/c1-21(2,20(29)27-12-14-4-6-16(23)10-18(14)25)8-7-19(28)26-11-13-3-5-15(22)9-17(13)24/h3-6,9-10H,7-8,11-12H2,1-2H3,(H,26,28)(H,27,29). The molecular formula is C21H22F4N2O2. The lowest BCUT2D eigenvalue weighted by Crippen LogP contribution is -2.37. The van der Waals surface area contributed by atoms with Crippen LogP contribution in [0.15, 0.2) is 36.4 Å². The minimum absolute atomic E-state index is 0.00808. The first-order valence-corrected chi connectivity index (χ1v) is 9.01. The normalized spacial score (nSPS) is 11.2. The van der Waals surface area contributed by atoms with E-state index in [4.69, 9.17) is 0 Å². The largest absolute Gasteiger partial charge is 0.352 e. The molecule has 0 saturated heterocycles. The zero-order valence-corrected chi connectivity index (χ0v) is 16.1. The van der Waals surface area contributed by atoms with Crippen molar-refractivity contribution in [1.82, 2.24) is 10.6 Å². The average molecular weight is 410 g/mol. The van der Waals surface area contributed by atoms with E-state index in [-0.39, 0.29) is 43.0 Å². The van der Waals surface area contributed by atoms with Crippen molar-refractivity contribution in [3.63, 3.8) is 0 Å². The van der Waals surface area contributed by atoms with Gasteiger partial charge in [-0.15, -0.1) is 0 Å². The number of benzene rings is 2. The quantitative estimate of drug-likeness (QED) is 0.647. The summed E-state index contributed by atoms with van der Waals surface area (Å²) in [5.41, 5.74) is -0.623. The summed E-state index contributed by atoms with van der Waals surface area (Å²) in [4.78, 5) is 24.4. The van der Waals surface area contributed by atoms with Crippen molar-refractivity contribution in [2.45, 2.75) is 39.8 Å². The molecule has 0 atom stereocenters. The first-order chi connectivity index (χ1) is 13.6. The van der Waals surface area contributed by atoms with Crippen LogP contribution >= 0.6 is 0 Å². The van der Waals surface area contributed by atoms with E-state index >= 15 is 0 Å². The van der Waals surface area contributed by atoms with Gasteiger partial charge >= 0.3 is 0 Å². The van der Waals surface area contributed by atoms with Gasteiger partial charge in [-0.05, 0) is 18.6 Å². The van der Waals surface area contributed by atoms with Crippen LogP contribution in [0.5, 0.6) is 0 Å². The van der Waals surface area contributed by atoms with Gasteiger partial charge in [0, 0.05) is 48.2 Å². The Morgan fingerprint density at radius 1 is 0.828 bits per heavy atom. The van der Waals surface area contributed by atoms with Crippen LogP contribution in [0.1, 0.15) is 37.8 Å². The van der Waals surface area contributed by atoms with Gasteiger partial charge in [-0.3, -0.25) is 9.59 Å². The molecule has 29 heavy (non-hydrogen) atoms. The van der Waals surface area contributed by atoms with Crippen molar-refractivity contribution < 1.29 is 27.2 Å². The van der Waals surface area contributed by atoms with Gasteiger partial charge in [-0.2, -0.15) is 0 Å². The zero-order valence-electron chi connectivity index (χ0n) is 16.1. The van der Waals surface area contributed by atoms with Crippen molar-refractivity contribution in [2.75, 3.05) is 0 Å². The summed E-state index contributed by atoms with van der Waals surface area (Å²) < 4.78 is 53.0. The van der Waals surface area contributed by atoms with Crippen LogP contribution in [-0.2, 0) is 22.7 Å². The molecule has 2 aromatic carbocycles. The summed E-state index contributed by atoms with van der Waals surface area (Å²) in [6.45, 7) is 3.07. The number of carbonyl (C=O) groups excluding carboxylic acids is 2. The molecule has 0 heterocycles. The molecular weight excluding hydrogens is 388 g/mol. The van der Waals surface area contributed by atoms with Gasteiger partial charge in [0.05, 0.1) is 0 Å². The highest BCUT2D eigenvalue weighted by Gasteiger charge is 2.28. The number of amides is 2. The fourth-order valence-corrected chi connectivity index (χ4v) is 2.57. The van der Waals surface area contributed by atoms with E-state index in [2.05, 4.69) is 10.6 Å². The molecule has 2 rings (SSSR count). The maximum absolute atomic E-state index is 13.6. The monoisotopic (exact) mass is 410 g/mol. The van der Waals surface area contributed by atoms with Gasteiger partial charge in [-0.1, -0.05) is 26.0 Å². The number of halogens is 4. The van der Waals surface area contributed by atoms with Crippen molar-refractivity contribution in [2.24, 2.45) is 5.41 Å². The lowest BCUT2D eigenvalue weighted by atomic mass is 9.86. The van der Waals surface area contributed by atoms with Crippen LogP contribution < -0.4 is 10.6 Å². The molecule has 0 bridgehead atoms. The Balaban J connectivity index is 1.81. The van der Waals surface area contributed by atoms with Crippen LogP contribution in [0.4, 0.5) is 17.6 Å². The van der Waals surface area contributed by atoms with Gasteiger partial charge in [-0.25, -0.2) is 17.6 Å². The first kappa shape index (κ1) is 22.4. The van der Waals surface area contributed by atoms with Crippen LogP contribution in [0, 0.1) is 28.7 Å². The minimum atomic E-state index is -0.922. The zero-order chi connectivity index (χ0) is 21.6. The third-order valence-corrected chi connectivity index (χ3v) is 4.54. The SMILES string of the molecule is CC(C)(CCC(=O)NCc1ccc(F)cc1F)C(=O)NCc1ccc(F)cc1F. The Kier molecular flexibility index (Phi) is 7.36. The molecule has 0 unspecified atom stereocenters. The van der Waals surface area contributed by atoms with Crippen LogP contribution in [0.25, 0.3) is 0 Å². The number of nitrogens with one attached hydrogen (secondary N) is 2. The number of carbonyl (C=O) groups is 2. The molecule has 0 aliphatic carbocycles. The van der Waals surface area contributed by atoms with Crippen LogP contribution in [-0.4, -0.2) is 11.8 Å². The maximum Gasteiger partial charge on any atom is 0.225 e. The van der Waals surface area contributed by atoms with E-state index in [1.807, 2.05) is 0 Å². The fourth-order valence-electron chi connectivity index (χ4n) is 2.57. The van der Waals surface area contributed by atoms with Gasteiger partial charge in [0.25, 0.3) is 0 Å². The summed E-state index contributed by atoms with van der Waals surface area (Å²) in [6, 6.07) is 6.17. The molecule has 0 spiro atoms. The molecule has 2 aromatic rings. The van der Waals surface area contributed by atoms with E-state index in [9.17, 15) is 27.2 Å². The summed E-state index contributed by atoms with van der Waals surface area (Å²) in [6.07, 6.45) is 0.205. The third kappa shape index (κ3) is 6.58. The highest BCUT2D eigenvalue weighted by molar-refractivity contribution is 5.83. The second kappa shape index (κ2) is 9.54. The Labute approximate surface area is 166 Å². The second-order valence-electron chi connectivity index (χ2n) is 7.31. The predicted molar refractivity (Wildman–Crippen MR) is 99.4 cm³/mol. The summed E-state index contributed by atoms with van der Waals surface area (Å²) >= 11 is 0. The maximum atomic E-state index is 13.6. The van der Waals surface area contributed by atoms with Gasteiger partial charge < -0.3 is 10.6 Å². The minimum Gasteiger partial charge on any atom is -0.352 e. The molecule has 156 valence electrons. The first-order valence-electron chi connectivity index (χ1n) is 9.01. The average Bonchev–Trinajstić information content (AvgIpc) is 2.64. The molecule has 4 nitrogen and oxygen atoms in total. The molecule has 0 saturated carbocycles. The summed E-state index contributed by atoms with van der Waals surface area (Å²) in [5.74, 6) is -3.69. The van der Waals surface area contributed by atoms with E-state index in [0.29, 0.717) is 0 Å².